The van der Waals surface area contributed by atoms with Crippen molar-refractivity contribution in [2.75, 3.05) is 7.11 Å². The number of ether oxygens (including phenoxy) is 1. The Bertz CT molecular complexity index is 639. The molecule has 0 aromatic heterocycles. The summed E-state index contributed by atoms with van der Waals surface area (Å²) in [7, 11) is -2.22. The first-order valence-electron chi connectivity index (χ1n) is 5.46. The number of sulfone groups is 1. The van der Waals surface area contributed by atoms with E-state index in [4.69, 9.17) is 0 Å². The van der Waals surface area contributed by atoms with Crippen molar-refractivity contribution in [3.63, 3.8) is 0 Å². The number of carbonyl (C=O) groups excluding carboxylic acids is 1. The second-order valence-electron chi connectivity index (χ2n) is 4.68. The van der Waals surface area contributed by atoms with Gasteiger partial charge in [-0.2, -0.15) is 0 Å². The Morgan fingerprint density at radius 1 is 1.28 bits per heavy atom. The standard InChI is InChI=1S/C13H14O4S/c1-13(2)7-6-9-4-5-10(12(14)17-3)8-11(9)18(13,15)16/h4-8H,1-3H3. The fraction of sp³-hybridized carbons (Fsp3) is 0.308. The number of carbonyl (C=O) groups is 1. The van der Waals surface area contributed by atoms with Gasteiger partial charge in [-0.3, -0.25) is 0 Å². The smallest absolute Gasteiger partial charge is 0.337 e. The van der Waals surface area contributed by atoms with Crippen LogP contribution in [0.15, 0.2) is 29.2 Å². The highest BCUT2D eigenvalue weighted by Gasteiger charge is 2.37. The van der Waals surface area contributed by atoms with Crippen LogP contribution in [0.1, 0.15) is 29.8 Å². The Morgan fingerprint density at radius 3 is 2.56 bits per heavy atom. The molecule has 5 heteroatoms. The average molecular weight is 266 g/mol. The second kappa shape index (κ2) is 3.95. The Kier molecular flexibility index (Phi) is 2.81. The van der Waals surface area contributed by atoms with E-state index in [0.717, 1.165) is 0 Å². The highest BCUT2D eigenvalue weighted by atomic mass is 32.2. The van der Waals surface area contributed by atoms with Crippen molar-refractivity contribution in [2.45, 2.75) is 23.5 Å². The molecule has 0 saturated carbocycles. The van der Waals surface area contributed by atoms with E-state index < -0.39 is 20.6 Å². The number of esters is 1. The summed E-state index contributed by atoms with van der Waals surface area (Å²) in [6.07, 6.45) is 3.42. The first-order valence-corrected chi connectivity index (χ1v) is 6.94. The molecule has 0 spiro atoms. The van der Waals surface area contributed by atoms with Gasteiger partial charge < -0.3 is 4.74 Å². The molecular weight excluding hydrogens is 252 g/mol. The molecule has 0 atom stereocenters. The first kappa shape index (κ1) is 12.8. The van der Waals surface area contributed by atoms with Crippen molar-refractivity contribution in [3.8, 4) is 0 Å². The molecule has 1 heterocycles. The summed E-state index contributed by atoms with van der Waals surface area (Å²) in [4.78, 5) is 11.6. The highest BCUT2D eigenvalue weighted by molar-refractivity contribution is 7.93. The molecule has 0 aliphatic carbocycles. The molecule has 0 bridgehead atoms. The van der Waals surface area contributed by atoms with Crippen molar-refractivity contribution in [3.05, 3.63) is 35.4 Å². The molecule has 1 aliphatic rings. The minimum absolute atomic E-state index is 0.179. The van der Waals surface area contributed by atoms with Gasteiger partial charge in [0, 0.05) is 0 Å². The molecule has 1 aromatic carbocycles. The van der Waals surface area contributed by atoms with Gasteiger partial charge >= 0.3 is 5.97 Å². The number of hydrogen-bond donors (Lipinski definition) is 0. The summed E-state index contributed by atoms with van der Waals surface area (Å²) in [6.45, 7) is 3.26. The van der Waals surface area contributed by atoms with Gasteiger partial charge in [0.05, 0.1) is 22.3 Å². The Labute approximate surface area is 106 Å². The van der Waals surface area contributed by atoms with Crippen molar-refractivity contribution in [1.29, 1.82) is 0 Å². The van der Waals surface area contributed by atoms with Crippen LogP contribution in [0.25, 0.3) is 6.08 Å². The molecule has 0 unspecified atom stereocenters. The molecule has 18 heavy (non-hydrogen) atoms. The maximum Gasteiger partial charge on any atom is 0.337 e. The largest absolute Gasteiger partial charge is 0.465 e. The predicted octanol–water partition coefficient (Wildman–Crippen LogP) is 2.05. The molecule has 0 saturated heterocycles. The predicted molar refractivity (Wildman–Crippen MR) is 68.1 cm³/mol. The zero-order chi connectivity index (χ0) is 13.6. The SMILES string of the molecule is COC(=O)c1ccc2c(c1)S(=O)(=O)C(C)(C)C=C2. The lowest BCUT2D eigenvalue weighted by atomic mass is 10.1. The second-order valence-corrected chi connectivity index (χ2v) is 7.18. The van der Waals surface area contributed by atoms with Gasteiger partial charge in [0.2, 0.25) is 0 Å². The van der Waals surface area contributed by atoms with Crippen molar-refractivity contribution < 1.29 is 17.9 Å². The van der Waals surface area contributed by atoms with Crippen LogP contribution in [0, 0.1) is 0 Å². The molecule has 96 valence electrons. The van der Waals surface area contributed by atoms with E-state index in [1.54, 1.807) is 38.1 Å². The third-order valence-corrected chi connectivity index (χ3v) is 5.53. The third-order valence-electron chi connectivity index (χ3n) is 3.08. The van der Waals surface area contributed by atoms with E-state index in [1.807, 2.05) is 0 Å². The fourth-order valence-electron chi connectivity index (χ4n) is 1.81. The Balaban J connectivity index is 2.68. The van der Waals surface area contributed by atoms with Crippen molar-refractivity contribution in [1.82, 2.24) is 0 Å². The van der Waals surface area contributed by atoms with Gasteiger partial charge in [-0.05, 0) is 31.5 Å². The molecule has 0 fully saturated rings. The van der Waals surface area contributed by atoms with E-state index in [9.17, 15) is 13.2 Å². The fourth-order valence-corrected chi connectivity index (χ4v) is 3.36. The monoisotopic (exact) mass is 266 g/mol. The molecular formula is C13H14O4S. The number of benzene rings is 1. The topological polar surface area (TPSA) is 60.4 Å². The first-order chi connectivity index (χ1) is 8.29. The van der Waals surface area contributed by atoms with Crippen LogP contribution in [0.4, 0.5) is 0 Å². The minimum Gasteiger partial charge on any atom is -0.465 e. The summed E-state index contributed by atoms with van der Waals surface area (Å²) in [5.41, 5.74) is 0.841. The summed E-state index contributed by atoms with van der Waals surface area (Å²) < 4.78 is 28.4. The molecule has 0 radical (unpaired) electrons. The quantitative estimate of drug-likeness (QED) is 0.730. The minimum atomic E-state index is -3.48. The van der Waals surface area contributed by atoms with E-state index in [-0.39, 0.29) is 10.5 Å². The number of methoxy groups -OCH3 is 1. The van der Waals surface area contributed by atoms with Gasteiger partial charge in [0.15, 0.2) is 9.84 Å². The van der Waals surface area contributed by atoms with Crippen LogP contribution < -0.4 is 0 Å². The number of rotatable bonds is 1. The Morgan fingerprint density at radius 2 is 1.94 bits per heavy atom. The van der Waals surface area contributed by atoms with Crippen LogP contribution in [0.5, 0.6) is 0 Å². The molecule has 2 rings (SSSR count). The van der Waals surface area contributed by atoms with E-state index >= 15 is 0 Å². The molecule has 4 nitrogen and oxygen atoms in total. The number of fused-ring (bicyclic) bond motifs is 1. The summed E-state index contributed by atoms with van der Waals surface area (Å²) in [5.74, 6) is -0.541. The van der Waals surface area contributed by atoms with E-state index in [1.165, 1.54) is 13.2 Å². The lowest BCUT2D eigenvalue weighted by Crippen LogP contribution is -2.32. The van der Waals surface area contributed by atoms with Gasteiger partial charge in [0.1, 0.15) is 0 Å². The molecule has 0 amide bonds. The Hall–Kier alpha value is -1.62. The van der Waals surface area contributed by atoms with Crippen LogP contribution in [0.2, 0.25) is 0 Å². The molecule has 1 aliphatic heterocycles. The van der Waals surface area contributed by atoms with Gasteiger partial charge in [-0.25, -0.2) is 13.2 Å². The van der Waals surface area contributed by atoms with Gasteiger partial charge in [-0.15, -0.1) is 0 Å². The summed E-state index contributed by atoms with van der Waals surface area (Å²) in [5, 5.41) is 0. The molecule has 0 N–H and O–H groups in total. The van der Waals surface area contributed by atoms with Crippen LogP contribution in [0.3, 0.4) is 0 Å². The van der Waals surface area contributed by atoms with E-state index in [2.05, 4.69) is 4.74 Å². The maximum atomic E-state index is 12.4. The number of hydrogen-bond acceptors (Lipinski definition) is 4. The van der Waals surface area contributed by atoms with E-state index in [0.29, 0.717) is 5.56 Å². The van der Waals surface area contributed by atoms with Crippen molar-refractivity contribution in [2.24, 2.45) is 0 Å². The van der Waals surface area contributed by atoms with Gasteiger partial charge in [-0.1, -0.05) is 18.2 Å². The summed E-state index contributed by atoms with van der Waals surface area (Å²) >= 11 is 0. The van der Waals surface area contributed by atoms with Crippen LogP contribution in [-0.2, 0) is 14.6 Å². The highest BCUT2D eigenvalue weighted by Crippen LogP contribution is 2.35. The lowest BCUT2D eigenvalue weighted by Gasteiger charge is -2.26. The molecule has 1 aromatic rings. The zero-order valence-electron chi connectivity index (χ0n) is 10.4. The van der Waals surface area contributed by atoms with Crippen LogP contribution in [-0.4, -0.2) is 26.2 Å². The lowest BCUT2D eigenvalue weighted by molar-refractivity contribution is 0.0600. The van der Waals surface area contributed by atoms with Crippen LogP contribution >= 0.6 is 0 Å². The zero-order valence-corrected chi connectivity index (χ0v) is 11.2. The average Bonchev–Trinajstić information content (AvgIpc) is 2.33. The van der Waals surface area contributed by atoms with Gasteiger partial charge in [0.25, 0.3) is 0 Å². The third kappa shape index (κ3) is 1.75. The summed E-state index contributed by atoms with van der Waals surface area (Å²) in [6, 6.07) is 4.55. The van der Waals surface area contributed by atoms with Crippen molar-refractivity contribution >= 4 is 21.9 Å². The normalized spacial score (nSPS) is 19.1. The maximum absolute atomic E-state index is 12.4.